The summed E-state index contributed by atoms with van der Waals surface area (Å²) in [7, 11) is 0. The van der Waals surface area contributed by atoms with Crippen molar-refractivity contribution in [1.82, 2.24) is 14.7 Å². The zero-order valence-corrected chi connectivity index (χ0v) is 17.0. The standard InChI is InChI=1S/C23H24N4O3/c1-3-26(4-2)23(30)18-11-8-12-19(15-18)24-21(28)16-27-22(29)14-13-20(25-27)17-9-6-5-7-10-17/h5-15H,3-4,16H2,1-2H3,(H,24,28). The van der Waals surface area contributed by atoms with E-state index in [0.717, 1.165) is 10.2 Å². The van der Waals surface area contributed by atoms with E-state index in [9.17, 15) is 14.4 Å². The highest BCUT2D eigenvalue weighted by atomic mass is 16.2. The molecule has 0 aliphatic heterocycles. The summed E-state index contributed by atoms with van der Waals surface area (Å²) in [5, 5.41) is 7.04. The number of amides is 2. The van der Waals surface area contributed by atoms with Crippen molar-refractivity contribution >= 4 is 17.5 Å². The molecule has 0 bridgehead atoms. The van der Waals surface area contributed by atoms with Crippen LogP contribution in [0.15, 0.2) is 71.5 Å². The maximum Gasteiger partial charge on any atom is 0.267 e. The number of nitrogens with one attached hydrogen (secondary N) is 1. The molecule has 2 aromatic carbocycles. The van der Waals surface area contributed by atoms with E-state index < -0.39 is 5.91 Å². The van der Waals surface area contributed by atoms with Crippen molar-refractivity contribution in [3.63, 3.8) is 0 Å². The summed E-state index contributed by atoms with van der Waals surface area (Å²) >= 11 is 0. The van der Waals surface area contributed by atoms with Crippen molar-refractivity contribution < 1.29 is 9.59 Å². The minimum atomic E-state index is -0.401. The van der Waals surface area contributed by atoms with Gasteiger partial charge in [-0.05, 0) is 38.1 Å². The first-order valence-electron chi connectivity index (χ1n) is 9.84. The molecule has 2 amide bonds. The Balaban J connectivity index is 1.74. The number of hydrogen-bond donors (Lipinski definition) is 1. The van der Waals surface area contributed by atoms with Gasteiger partial charge in [0.15, 0.2) is 0 Å². The van der Waals surface area contributed by atoms with Crippen molar-refractivity contribution in [1.29, 1.82) is 0 Å². The minimum absolute atomic E-state index is 0.0930. The largest absolute Gasteiger partial charge is 0.339 e. The van der Waals surface area contributed by atoms with Crippen LogP contribution in [-0.2, 0) is 11.3 Å². The van der Waals surface area contributed by atoms with Crippen LogP contribution in [0.2, 0.25) is 0 Å². The fourth-order valence-electron chi connectivity index (χ4n) is 3.08. The molecule has 1 N–H and O–H groups in total. The molecule has 3 rings (SSSR count). The second-order valence-corrected chi connectivity index (χ2v) is 6.69. The van der Waals surface area contributed by atoms with Crippen molar-refractivity contribution in [2.45, 2.75) is 20.4 Å². The highest BCUT2D eigenvalue weighted by Crippen LogP contribution is 2.15. The zero-order valence-electron chi connectivity index (χ0n) is 17.0. The molecule has 154 valence electrons. The van der Waals surface area contributed by atoms with E-state index in [2.05, 4.69) is 10.4 Å². The molecule has 0 unspecified atom stereocenters. The van der Waals surface area contributed by atoms with Gasteiger partial charge in [0.1, 0.15) is 6.54 Å². The molecule has 7 nitrogen and oxygen atoms in total. The minimum Gasteiger partial charge on any atom is -0.339 e. The van der Waals surface area contributed by atoms with Crippen LogP contribution in [0.5, 0.6) is 0 Å². The Labute approximate surface area is 175 Å². The van der Waals surface area contributed by atoms with Crippen LogP contribution in [0.3, 0.4) is 0 Å². The number of benzene rings is 2. The predicted molar refractivity (Wildman–Crippen MR) is 116 cm³/mol. The highest BCUT2D eigenvalue weighted by Gasteiger charge is 2.14. The summed E-state index contributed by atoms with van der Waals surface area (Å²) < 4.78 is 1.13. The van der Waals surface area contributed by atoms with E-state index in [1.54, 1.807) is 35.2 Å². The van der Waals surface area contributed by atoms with Gasteiger partial charge in [-0.3, -0.25) is 14.4 Å². The molecule has 30 heavy (non-hydrogen) atoms. The third kappa shape index (κ3) is 5.00. The van der Waals surface area contributed by atoms with Gasteiger partial charge in [0.25, 0.3) is 11.5 Å². The van der Waals surface area contributed by atoms with Crippen LogP contribution in [0.25, 0.3) is 11.3 Å². The van der Waals surface area contributed by atoms with E-state index in [-0.39, 0.29) is 18.0 Å². The average molecular weight is 404 g/mol. The van der Waals surface area contributed by atoms with Gasteiger partial charge in [0.05, 0.1) is 5.69 Å². The van der Waals surface area contributed by atoms with Gasteiger partial charge >= 0.3 is 0 Å². The van der Waals surface area contributed by atoms with E-state index in [4.69, 9.17) is 0 Å². The Morgan fingerprint density at radius 1 is 0.967 bits per heavy atom. The molecule has 0 aliphatic carbocycles. The lowest BCUT2D eigenvalue weighted by atomic mass is 10.1. The second-order valence-electron chi connectivity index (χ2n) is 6.69. The van der Waals surface area contributed by atoms with Gasteiger partial charge in [0.2, 0.25) is 5.91 Å². The highest BCUT2D eigenvalue weighted by molar-refractivity contribution is 5.97. The molecule has 0 atom stereocenters. The molecule has 0 aliphatic rings. The number of nitrogens with zero attached hydrogens (tertiary/aromatic N) is 3. The molecule has 0 spiro atoms. The molecular weight excluding hydrogens is 380 g/mol. The third-order valence-electron chi connectivity index (χ3n) is 4.67. The Bertz CT molecular complexity index is 1090. The van der Waals surface area contributed by atoms with E-state index in [1.165, 1.54) is 6.07 Å². The van der Waals surface area contributed by atoms with Crippen LogP contribution in [-0.4, -0.2) is 39.6 Å². The van der Waals surface area contributed by atoms with Crippen LogP contribution in [0, 0.1) is 0 Å². The Morgan fingerprint density at radius 2 is 1.70 bits per heavy atom. The molecule has 3 aromatic rings. The third-order valence-corrected chi connectivity index (χ3v) is 4.67. The van der Waals surface area contributed by atoms with Crippen molar-refractivity contribution in [3.8, 4) is 11.3 Å². The average Bonchev–Trinajstić information content (AvgIpc) is 2.77. The van der Waals surface area contributed by atoms with E-state index in [0.29, 0.717) is 30.0 Å². The van der Waals surface area contributed by atoms with E-state index in [1.807, 2.05) is 44.2 Å². The number of anilines is 1. The lowest BCUT2D eigenvalue weighted by Gasteiger charge is -2.19. The quantitative estimate of drug-likeness (QED) is 0.656. The van der Waals surface area contributed by atoms with Crippen molar-refractivity contribution in [2.24, 2.45) is 0 Å². The Morgan fingerprint density at radius 3 is 2.40 bits per heavy atom. The number of carbonyl (C=O) groups excluding carboxylic acids is 2. The van der Waals surface area contributed by atoms with Gasteiger partial charge < -0.3 is 10.2 Å². The summed E-state index contributed by atoms with van der Waals surface area (Å²) in [5.41, 5.74) is 2.09. The molecule has 0 radical (unpaired) electrons. The summed E-state index contributed by atoms with van der Waals surface area (Å²) in [4.78, 5) is 38.9. The Kier molecular flexibility index (Phi) is 6.75. The molecular formula is C23H24N4O3. The van der Waals surface area contributed by atoms with Crippen LogP contribution in [0.4, 0.5) is 5.69 Å². The maximum absolute atomic E-state index is 12.5. The van der Waals surface area contributed by atoms with Gasteiger partial charge in [0, 0.05) is 36.0 Å². The first-order chi connectivity index (χ1) is 14.5. The smallest absolute Gasteiger partial charge is 0.267 e. The number of aromatic nitrogens is 2. The molecule has 1 aromatic heterocycles. The molecule has 1 heterocycles. The van der Waals surface area contributed by atoms with Crippen molar-refractivity contribution in [3.05, 3.63) is 82.6 Å². The fourth-order valence-corrected chi connectivity index (χ4v) is 3.08. The predicted octanol–water partition coefficient (Wildman–Crippen LogP) is 3.03. The summed E-state index contributed by atoms with van der Waals surface area (Å²) in [5.74, 6) is -0.494. The Hall–Kier alpha value is -3.74. The summed E-state index contributed by atoms with van der Waals surface area (Å²) in [6.07, 6.45) is 0. The van der Waals surface area contributed by atoms with Crippen molar-refractivity contribution in [2.75, 3.05) is 18.4 Å². The lowest BCUT2D eigenvalue weighted by Crippen LogP contribution is -2.31. The topological polar surface area (TPSA) is 84.3 Å². The van der Waals surface area contributed by atoms with Crippen LogP contribution < -0.4 is 10.9 Å². The molecule has 7 heteroatoms. The van der Waals surface area contributed by atoms with E-state index >= 15 is 0 Å². The van der Waals surface area contributed by atoms with Gasteiger partial charge in [-0.15, -0.1) is 0 Å². The van der Waals surface area contributed by atoms with Crippen LogP contribution in [0.1, 0.15) is 24.2 Å². The van der Waals surface area contributed by atoms with Gasteiger partial charge in [-0.25, -0.2) is 4.68 Å². The SMILES string of the molecule is CCN(CC)C(=O)c1cccc(NC(=O)Cn2nc(-c3ccccc3)ccc2=O)c1. The first kappa shape index (κ1) is 21.0. The summed E-state index contributed by atoms with van der Waals surface area (Å²) in [6, 6.07) is 19.2. The normalized spacial score (nSPS) is 10.5. The van der Waals surface area contributed by atoms with Crippen LogP contribution >= 0.6 is 0 Å². The molecule has 0 fully saturated rings. The summed E-state index contributed by atoms with van der Waals surface area (Å²) in [6.45, 7) is 4.83. The number of rotatable bonds is 7. The fraction of sp³-hybridized carbons (Fsp3) is 0.217. The number of hydrogen-bond acceptors (Lipinski definition) is 4. The monoisotopic (exact) mass is 404 g/mol. The lowest BCUT2D eigenvalue weighted by molar-refractivity contribution is -0.117. The molecule has 0 saturated heterocycles. The molecule has 0 saturated carbocycles. The maximum atomic E-state index is 12.5. The zero-order chi connectivity index (χ0) is 21.5. The first-order valence-corrected chi connectivity index (χ1v) is 9.84. The number of carbonyl (C=O) groups is 2. The second kappa shape index (κ2) is 9.65. The van der Waals surface area contributed by atoms with Gasteiger partial charge in [-0.1, -0.05) is 36.4 Å². The van der Waals surface area contributed by atoms with Gasteiger partial charge in [-0.2, -0.15) is 5.10 Å².